The van der Waals surface area contributed by atoms with Crippen LogP contribution in [0.2, 0.25) is 0 Å². The Labute approximate surface area is 149 Å². The lowest BCUT2D eigenvalue weighted by Crippen LogP contribution is -2.41. The minimum Gasteiger partial charge on any atom is -0.322 e. The normalized spacial score (nSPS) is 18.6. The van der Waals surface area contributed by atoms with E-state index in [4.69, 9.17) is 0 Å². The number of hydrogen-bond acceptors (Lipinski definition) is 4. The van der Waals surface area contributed by atoms with Crippen LogP contribution in [0.4, 0.5) is 5.69 Å². The zero-order valence-corrected chi connectivity index (χ0v) is 14.4. The van der Waals surface area contributed by atoms with Crippen LogP contribution in [-0.2, 0) is 6.42 Å². The van der Waals surface area contributed by atoms with Crippen LogP contribution >= 0.6 is 0 Å². The number of benzene rings is 2. The highest BCUT2D eigenvalue weighted by atomic mass is 16.1. The van der Waals surface area contributed by atoms with E-state index in [0.29, 0.717) is 11.6 Å². The average Bonchev–Trinajstić information content (AvgIpc) is 2.78. The molecule has 0 aromatic heterocycles. The summed E-state index contributed by atoms with van der Waals surface area (Å²) in [7, 11) is 0. The first-order valence-corrected chi connectivity index (χ1v) is 8.91. The summed E-state index contributed by atoms with van der Waals surface area (Å²) >= 11 is 0. The van der Waals surface area contributed by atoms with Gasteiger partial charge in [-0.3, -0.25) is 4.79 Å². The molecule has 1 fully saturated rings. The molecule has 1 saturated heterocycles. The zero-order valence-electron chi connectivity index (χ0n) is 14.4. The van der Waals surface area contributed by atoms with Crippen molar-refractivity contribution < 1.29 is 4.79 Å². The number of amides is 1. The van der Waals surface area contributed by atoms with Gasteiger partial charge in [-0.05, 0) is 36.2 Å². The van der Waals surface area contributed by atoms with Crippen LogP contribution in [0.3, 0.4) is 0 Å². The fourth-order valence-electron chi connectivity index (χ4n) is 2.96. The lowest BCUT2D eigenvalue weighted by Gasteiger charge is -2.18. The lowest BCUT2D eigenvalue weighted by atomic mass is 10.1. The molecule has 1 atom stereocenters. The highest BCUT2D eigenvalue weighted by Crippen LogP contribution is 2.13. The lowest BCUT2D eigenvalue weighted by molar-refractivity contribution is 0.102. The molecule has 132 valence electrons. The molecule has 1 unspecified atom stereocenters. The number of anilines is 1. The maximum atomic E-state index is 12.2. The molecular formula is C20H26N4O. The number of carbonyl (C=O) groups is 1. The van der Waals surface area contributed by atoms with Gasteiger partial charge in [-0.15, -0.1) is 0 Å². The van der Waals surface area contributed by atoms with Gasteiger partial charge in [0, 0.05) is 50.0 Å². The van der Waals surface area contributed by atoms with Gasteiger partial charge in [0.1, 0.15) is 0 Å². The second kappa shape index (κ2) is 9.32. The fourth-order valence-corrected chi connectivity index (χ4v) is 2.96. The summed E-state index contributed by atoms with van der Waals surface area (Å²) in [6.07, 6.45) is 0.972. The van der Waals surface area contributed by atoms with E-state index in [1.807, 2.05) is 42.5 Å². The summed E-state index contributed by atoms with van der Waals surface area (Å²) in [5, 5.41) is 13.4. The van der Waals surface area contributed by atoms with Gasteiger partial charge in [0.2, 0.25) is 0 Å². The van der Waals surface area contributed by atoms with Gasteiger partial charge in [0.15, 0.2) is 0 Å². The minimum absolute atomic E-state index is 0.0806. The smallest absolute Gasteiger partial charge is 0.255 e. The van der Waals surface area contributed by atoms with E-state index in [1.54, 1.807) is 0 Å². The highest BCUT2D eigenvalue weighted by molar-refractivity contribution is 6.04. The van der Waals surface area contributed by atoms with Crippen molar-refractivity contribution in [2.45, 2.75) is 12.5 Å². The van der Waals surface area contributed by atoms with Crippen LogP contribution in [0.1, 0.15) is 15.9 Å². The first-order chi connectivity index (χ1) is 12.3. The molecule has 2 aromatic carbocycles. The first kappa shape index (κ1) is 17.6. The van der Waals surface area contributed by atoms with Crippen molar-refractivity contribution in [3.8, 4) is 0 Å². The van der Waals surface area contributed by atoms with Crippen LogP contribution in [-0.4, -0.2) is 44.7 Å². The SMILES string of the molecule is O=C(Nc1ccc(CC2CNCCNCCN2)cc1)c1ccccc1. The summed E-state index contributed by atoms with van der Waals surface area (Å²) in [6.45, 7) is 4.97. The van der Waals surface area contributed by atoms with E-state index in [0.717, 1.165) is 44.8 Å². The molecule has 1 aliphatic rings. The number of carbonyl (C=O) groups excluding carboxylic acids is 1. The summed E-state index contributed by atoms with van der Waals surface area (Å²) in [5.41, 5.74) is 2.76. The number of nitrogens with one attached hydrogen (secondary N) is 4. The van der Waals surface area contributed by atoms with Gasteiger partial charge in [-0.2, -0.15) is 0 Å². The van der Waals surface area contributed by atoms with Crippen molar-refractivity contribution >= 4 is 11.6 Å². The first-order valence-electron chi connectivity index (χ1n) is 8.91. The van der Waals surface area contributed by atoms with Crippen molar-refractivity contribution in [3.63, 3.8) is 0 Å². The third kappa shape index (κ3) is 5.67. The van der Waals surface area contributed by atoms with E-state index in [9.17, 15) is 4.79 Å². The third-order valence-corrected chi connectivity index (χ3v) is 4.33. The standard InChI is InChI=1S/C20H26N4O/c25-20(17-4-2-1-3-5-17)24-18-8-6-16(7-9-18)14-19-15-22-11-10-21-12-13-23-19/h1-9,19,21-23H,10-15H2,(H,24,25). The largest absolute Gasteiger partial charge is 0.322 e. The second-order valence-electron chi connectivity index (χ2n) is 6.33. The molecule has 0 aliphatic carbocycles. The molecule has 0 saturated carbocycles. The van der Waals surface area contributed by atoms with E-state index >= 15 is 0 Å². The summed E-state index contributed by atoms with van der Waals surface area (Å²) in [5.74, 6) is -0.0806. The van der Waals surface area contributed by atoms with Gasteiger partial charge >= 0.3 is 0 Å². The Morgan fingerprint density at radius 1 is 0.920 bits per heavy atom. The highest BCUT2D eigenvalue weighted by Gasteiger charge is 2.10. The molecule has 1 aliphatic heterocycles. The monoisotopic (exact) mass is 338 g/mol. The van der Waals surface area contributed by atoms with E-state index in [1.165, 1.54) is 5.56 Å². The number of rotatable bonds is 4. The third-order valence-electron chi connectivity index (χ3n) is 4.33. The van der Waals surface area contributed by atoms with Crippen LogP contribution < -0.4 is 21.3 Å². The summed E-state index contributed by atoms with van der Waals surface area (Å²) in [4.78, 5) is 12.2. The van der Waals surface area contributed by atoms with Gasteiger partial charge in [-0.1, -0.05) is 30.3 Å². The maximum absolute atomic E-state index is 12.2. The van der Waals surface area contributed by atoms with E-state index < -0.39 is 0 Å². The summed E-state index contributed by atoms with van der Waals surface area (Å²) in [6, 6.07) is 17.8. The Morgan fingerprint density at radius 3 is 2.44 bits per heavy atom. The molecule has 0 bridgehead atoms. The molecule has 5 heteroatoms. The van der Waals surface area contributed by atoms with Crippen molar-refractivity contribution in [2.75, 3.05) is 38.0 Å². The Balaban J connectivity index is 1.55. The molecule has 3 rings (SSSR count). The van der Waals surface area contributed by atoms with Crippen LogP contribution in [0.25, 0.3) is 0 Å². The Bertz CT molecular complexity index is 647. The Morgan fingerprint density at radius 2 is 1.64 bits per heavy atom. The topological polar surface area (TPSA) is 65.2 Å². The van der Waals surface area contributed by atoms with Crippen molar-refractivity contribution in [1.82, 2.24) is 16.0 Å². The Hall–Kier alpha value is -2.21. The minimum atomic E-state index is -0.0806. The summed E-state index contributed by atoms with van der Waals surface area (Å²) < 4.78 is 0. The maximum Gasteiger partial charge on any atom is 0.255 e. The molecular weight excluding hydrogens is 312 g/mol. The van der Waals surface area contributed by atoms with Crippen molar-refractivity contribution in [3.05, 3.63) is 65.7 Å². The molecule has 0 spiro atoms. The van der Waals surface area contributed by atoms with Gasteiger partial charge in [-0.25, -0.2) is 0 Å². The molecule has 4 N–H and O–H groups in total. The molecule has 1 heterocycles. The van der Waals surface area contributed by atoms with E-state index in [2.05, 4.69) is 33.4 Å². The van der Waals surface area contributed by atoms with Gasteiger partial charge in [0.25, 0.3) is 5.91 Å². The van der Waals surface area contributed by atoms with Crippen LogP contribution in [0, 0.1) is 0 Å². The quantitative estimate of drug-likeness (QED) is 0.684. The number of hydrogen-bond donors (Lipinski definition) is 4. The fraction of sp³-hybridized carbons (Fsp3) is 0.350. The molecule has 25 heavy (non-hydrogen) atoms. The zero-order chi connectivity index (χ0) is 17.3. The van der Waals surface area contributed by atoms with E-state index in [-0.39, 0.29) is 5.91 Å². The molecule has 5 nitrogen and oxygen atoms in total. The molecule has 0 radical (unpaired) electrons. The molecule has 1 amide bonds. The van der Waals surface area contributed by atoms with Crippen molar-refractivity contribution in [2.24, 2.45) is 0 Å². The molecule has 2 aromatic rings. The Kier molecular flexibility index (Phi) is 6.56. The van der Waals surface area contributed by atoms with Crippen molar-refractivity contribution in [1.29, 1.82) is 0 Å². The second-order valence-corrected chi connectivity index (χ2v) is 6.33. The van der Waals surface area contributed by atoms with Gasteiger partial charge < -0.3 is 21.3 Å². The average molecular weight is 338 g/mol. The predicted octanol–water partition coefficient (Wildman–Crippen LogP) is 1.63. The predicted molar refractivity (Wildman–Crippen MR) is 102 cm³/mol. The van der Waals surface area contributed by atoms with Crippen LogP contribution in [0.5, 0.6) is 0 Å². The van der Waals surface area contributed by atoms with Crippen LogP contribution in [0.15, 0.2) is 54.6 Å². The van der Waals surface area contributed by atoms with Gasteiger partial charge in [0.05, 0.1) is 0 Å².